The first-order valence-corrected chi connectivity index (χ1v) is 8.34. The summed E-state index contributed by atoms with van der Waals surface area (Å²) in [6, 6.07) is 8.00. The third kappa shape index (κ3) is 3.16. The van der Waals surface area contributed by atoms with E-state index in [-0.39, 0.29) is 12.1 Å². The molecule has 0 spiro atoms. The van der Waals surface area contributed by atoms with Gasteiger partial charge in [-0.1, -0.05) is 29.9 Å². The molecule has 1 atom stereocenters. The highest BCUT2D eigenvalue weighted by molar-refractivity contribution is 5.89. The van der Waals surface area contributed by atoms with Gasteiger partial charge in [0, 0.05) is 5.92 Å². The Hall–Kier alpha value is -1.83. The minimum atomic E-state index is -0.234. The van der Waals surface area contributed by atoms with Crippen LogP contribution in [0.2, 0.25) is 0 Å². The molecule has 0 saturated heterocycles. The van der Waals surface area contributed by atoms with Crippen LogP contribution in [-0.4, -0.2) is 12.1 Å². The molecule has 116 valence electrons. The molecule has 0 heterocycles. The summed E-state index contributed by atoms with van der Waals surface area (Å²) in [5.74, 6) is 0.262. The summed E-state index contributed by atoms with van der Waals surface area (Å²) in [5.41, 5.74) is 5.12. The van der Waals surface area contributed by atoms with Crippen LogP contribution in [0.25, 0.3) is 0 Å². The summed E-state index contributed by atoms with van der Waals surface area (Å²) in [7, 11) is 0. The zero-order valence-corrected chi connectivity index (χ0v) is 13.5. The summed E-state index contributed by atoms with van der Waals surface area (Å²) >= 11 is 0. The monoisotopic (exact) mass is 296 g/mol. The lowest BCUT2D eigenvalue weighted by Gasteiger charge is -2.29. The maximum Gasteiger partial charge on any atom is 0.338 e. The highest BCUT2D eigenvalue weighted by Gasteiger charge is 2.24. The van der Waals surface area contributed by atoms with Crippen LogP contribution in [0.5, 0.6) is 0 Å². The second kappa shape index (κ2) is 6.51. The molecule has 2 nitrogen and oxygen atoms in total. The summed E-state index contributed by atoms with van der Waals surface area (Å²) in [6.45, 7) is 3.75. The van der Waals surface area contributed by atoms with Crippen molar-refractivity contribution >= 4 is 5.97 Å². The van der Waals surface area contributed by atoms with Crippen molar-refractivity contribution in [1.29, 1.82) is 0 Å². The molecular formula is C20H24O2. The van der Waals surface area contributed by atoms with Crippen LogP contribution in [0.15, 0.2) is 47.6 Å². The van der Waals surface area contributed by atoms with E-state index in [1.807, 2.05) is 26.0 Å². The lowest BCUT2D eigenvalue weighted by Crippen LogP contribution is -2.13. The van der Waals surface area contributed by atoms with Crippen LogP contribution >= 0.6 is 0 Å². The van der Waals surface area contributed by atoms with Gasteiger partial charge in [-0.3, -0.25) is 0 Å². The zero-order chi connectivity index (χ0) is 15.5. The van der Waals surface area contributed by atoms with Crippen molar-refractivity contribution < 1.29 is 9.53 Å². The molecule has 0 bridgehead atoms. The molecular weight excluding hydrogens is 272 g/mol. The molecule has 2 aliphatic rings. The first-order chi connectivity index (χ1) is 10.6. The molecule has 0 fully saturated rings. The minimum Gasteiger partial charge on any atom is -0.459 e. The fraction of sp³-hybridized carbons (Fsp3) is 0.450. The van der Waals surface area contributed by atoms with Gasteiger partial charge in [-0.05, 0) is 69.2 Å². The molecule has 3 rings (SSSR count). The summed E-state index contributed by atoms with van der Waals surface area (Å²) in [6.07, 6.45) is 10.7. The van der Waals surface area contributed by atoms with Gasteiger partial charge in [0.25, 0.3) is 0 Å². The van der Waals surface area contributed by atoms with Crippen molar-refractivity contribution in [1.82, 2.24) is 0 Å². The molecule has 0 aromatic heterocycles. The van der Waals surface area contributed by atoms with Crippen LogP contribution in [0, 0.1) is 0 Å². The highest BCUT2D eigenvalue weighted by Crippen LogP contribution is 2.41. The Kier molecular flexibility index (Phi) is 4.47. The van der Waals surface area contributed by atoms with E-state index < -0.39 is 0 Å². The van der Waals surface area contributed by atoms with Gasteiger partial charge in [-0.25, -0.2) is 4.79 Å². The second-order valence-corrected chi connectivity index (χ2v) is 6.52. The molecule has 0 radical (unpaired) electrons. The van der Waals surface area contributed by atoms with E-state index in [1.54, 1.807) is 5.57 Å². The van der Waals surface area contributed by atoms with E-state index in [9.17, 15) is 4.79 Å². The lowest BCUT2D eigenvalue weighted by molar-refractivity contribution is 0.0378. The maximum atomic E-state index is 11.9. The van der Waals surface area contributed by atoms with Crippen molar-refractivity contribution in [2.45, 2.75) is 58.0 Å². The third-order valence-electron chi connectivity index (χ3n) is 4.56. The number of hydrogen-bond acceptors (Lipinski definition) is 2. The Morgan fingerprint density at radius 2 is 1.95 bits per heavy atom. The minimum absolute atomic E-state index is 0.0781. The van der Waals surface area contributed by atoms with Gasteiger partial charge in [-0.15, -0.1) is 0 Å². The van der Waals surface area contributed by atoms with E-state index in [0.717, 1.165) is 0 Å². The quantitative estimate of drug-likeness (QED) is 0.720. The van der Waals surface area contributed by atoms with Gasteiger partial charge in [0.05, 0.1) is 11.7 Å². The van der Waals surface area contributed by atoms with Crippen molar-refractivity contribution in [2.24, 2.45) is 0 Å². The Bertz CT molecular complexity index is 605. The van der Waals surface area contributed by atoms with Crippen molar-refractivity contribution in [3.05, 3.63) is 58.7 Å². The first-order valence-electron chi connectivity index (χ1n) is 8.34. The Labute approximate surface area is 132 Å². The van der Waals surface area contributed by atoms with E-state index in [1.165, 1.54) is 43.2 Å². The van der Waals surface area contributed by atoms with Crippen LogP contribution < -0.4 is 0 Å². The molecule has 2 heteroatoms. The smallest absolute Gasteiger partial charge is 0.338 e. The summed E-state index contributed by atoms with van der Waals surface area (Å²) in [5, 5.41) is 0. The highest BCUT2D eigenvalue weighted by atomic mass is 16.5. The van der Waals surface area contributed by atoms with Gasteiger partial charge in [0.15, 0.2) is 0 Å². The number of hydrogen-bond donors (Lipinski definition) is 0. The number of ether oxygens (including phenoxy) is 1. The fourth-order valence-electron chi connectivity index (χ4n) is 3.52. The third-order valence-corrected chi connectivity index (χ3v) is 4.56. The molecule has 0 N–H and O–H groups in total. The SMILES string of the molecule is CC(C)OC(=O)c1ccc(C2CCCC3=C2C=CCC3)cc1. The maximum absolute atomic E-state index is 11.9. The molecule has 1 aromatic rings. The molecule has 0 amide bonds. The van der Waals surface area contributed by atoms with Crippen LogP contribution in [0.1, 0.15) is 67.8 Å². The largest absolute Gasteiger partial charge is 0.459 e. The summed E-state index contributed by atoms with van der Waals surface area (Å²) in [4.78, 5) is 11.9. The number of allylic oxidation sites excluding steroid dienone is 4. The Morgan fingerprint density at radius 1 is 1.18 bits per heavy atom. The van der Waals surface area contributed by atoms with Crippen molar-refractivity contribution in [2.75, 3.05) is 0 Å². The standard InChI is InChI=1S/C20H24O2/c1-14(2)22-20(21)17-12-10-16(11-13-17)19-9-5-7-15-6-3-4-8-18(15)19/h4,8,10-14,19H,3,5-7,9H2,1-2H3. The number of benzene rings is 1. The molecule has 22 heavy (non-hydrogen) atoms. The second-order valence-electron chi connectivity index (χ2n) is 6.52. The number of carbonyl (C=O) groups is 1. The molecule has 1 aromatic carbocycles. The predicted molar refractivity (Wildman–Crippen MR) is 89.0 cm³/mol. The van der Waals surface area contributed by atoms with E-state index in [0.29, 0.717) is 11.5 Å². The topological polar surface area (TPSA) is 26.3 Å². The number of esters is 1. The van der Waals surface area contributed by atoms with Crippen molar-refractivity contribution in [3.63, 3.8) is 0 Å². The average Bonchev–Trinajstić information content (AvgIpc) is 2.54. The first kappa shape index (κ1) is 15.1. The van der Waals surface area contributed by atoms with Gasteiger partial charge in [0.2, 0.25) is 0 Å². The van der Waals surface area contributed by atoms with Crippen LogP contribution in [-0.2, 0) is 4.74 Å². The Morgan fingerprint density at radius 3 is 2.68 bits per heavy atom. The van der Waals surface area contributed by atoms with Gasteiger partial charge in [0.1, 0.15) is 0 Å². The van der Waals surface area contributed by atoms with Gasteiger partial charge >= 0.3 is 5.97 Å². The van der Waals surface area contributed by atoms with E-state index in [4.69, 9.17) is 4.74 Å². The molecule has 1 unspecified atom stereocenters. The number of carbonyl (C=O) groups excluding carboxylic acids is 1. The van der Waals surface area contributed by atoms with Crippen molar-refractivity contribution in [3.8, 4) is 0 Å². The van der Waals surface area contributed by atoms with Crippen LogP contribution in [0.4, 0.5) is 0 Å². The van der Waals surface area contributed by atoms with Gasteiger partial charge in [-0.2, -0.15) is 0 Å². The van der Waals surface area contributed by atoms with Gasteiger partial charge < -0.3 is 4.74 Å². The Balaban J connectivity index is 1.81. The van der Waals surface area contributed by atoms with E-state index in [2.05, 4.69) is 24.3 Å². The normalized spacial score (nSPS) is 21.0. The fourth-order valence-corrected chi connectivity index (χ4v) is 3.52. The molecule has 0 saturated carbocycles. The van der Waals surface area contributed by atoms with Crippen LogP contribution in [0.3, 0.4) is 0 Å². The summed E-state index contributed by atoms with van der Waals surface area (Å²) < 4.78 is 5.25. The van der Waals surface area contributed by atoms with E-state index >= 15 is 0 Å². The molecule has 0 aliphatic heterocycles. The average molecular weight is 296 g/mol. The predicted octanol–water partition coefficient (Wildman–Crippen LogP) is 5.17. The molecule has 2 aliphatic carbocycles. The zero-order valence-electron chi connectivity index (χ0n) is 13.5. The lowest BCUT2D eigenvalue weighted by atomic mass is 9.75. The number of rotatable bonds is 3.